The monoisotopic (exact) mass is 265 g/mol. The second-order valence-corrected chi connectivity index (χ2v) is 11.6. The Kier molecular flexibility index (Phi) is 4.68. The van der Waals surface area contributed by atoms with Crippen LogP contribution in [0, 0.1) is 5.92 Å². The lowest BCUT2D eigenvalue weighted by atomic mass is 10.1. The maximum Gasteiger partial charge on any atom is 0.236 e. The summed E-state index contributed by atoms with van der Waals surface area (Å²) in [6, 6.07) is 0.983. The lowest BCUT2D eigenvalue weighted by Gasteiger charge is -2.19. The molecule has 4 heteroatoms. The number of likely N-dealkylation sites (tertiary alicyclic amines) is 1. The Morgan fingerprint density at radius 3 is 2.56 bits per heavy atom. The minimum absolute atomic E-state index is 0.0886. The molecule has 0 N–H and O–H groups in total. The molecular weight excluding hydrogens is 242 g/mol. The van der Waals surface area contributed by atoms with E-state index in [9.17, 15) is 9.59 Å². The molecule has 3 nitrogen and oxygen atoms in total. The van der Waals surface area contributed by atoms with Crippen molar-refractivity contribution in [2.45, 2.75) is 45.1 Å². The summed E-state index contributed by atoms with van der Waals surface area (Å²) < 4.78 is 0. The summed E-state index contributed by atoms with van der Waals surface area (Å²) in [7, 11) is -1.12. The number of carbonyl (C=O) groups is 2. The molecule has 18 heavy (non-hydrogen) atoms. The van der Waals surface area contributed by atoms with Gasteiger partial charge in [-0.15, -0.1) is 6.58 Å². The first-order valence-corrected chi connectivity index (χ1v) is 10.1. The lowest BCUT2D eigenvalue weighted by Crippen LogP contribution is -2.36. The van der Waals surface area contributed by atoms with Crippen molar-refractivity contribution in [3.63, 3.8) is 0 Å². The number of hydrogen-bond acceptors (Lipinski definition) is 2. The van der Waals surface area contributed by atoms with E-state index in [0.717, 1.165) is 6.04 Å². The predicted octanol–water partition coefficient (Wildman–Crippen LogP) is 2.83. The minimum Gasteiger partial charge on any atom is -0.275 e. The van der Waals surface area contributed by atoms with E-state index in [2.05, 4.69) is 32.3 Å². The second-order valence-electron chi connectivity index (χ2n) is 6.07. The third-order valence-corrected chi connectivity index (χ3v) is 4.55. The van der Waals surface area contributed by atoms with Crippen molar-refractivity contribution >= 4 is 19.9 Å². The number of imide groups is 1. The highest BCUT2D eigenvalue weighted by atomic mass is 28.3. The molecule has 1 aliphatic heterocycles. The number of hydrogen-bond donors (Lipinski definition) is 0. The summed E-state index contributed by atoms with van der Waals surface area (Å²) in [4.78, 5) is 24.9. The summed E-state index contributed by atoms with van der Waals surface area (Å²) in [5, 5.41) is 0. The van der Waals surface area contributed by atoms with Gasteiger partial charge in [0.2, 0.25) is 11.8 Å². The molecule has 0 aromatic rings. The molecular formula is C14H23NO2Si. The normalized spacial score (nSPS) is 24.9. The molecule has 100 valence electrons. The maximum atomic E-state index is 12.0. The Hall–Kier alpha value is -1.16. The molecule has 1 heterocycles. The fourth-order valence-electron chi connectivity index (χ4n) is 2.14. The smallest absolute Gasteiger partial charge is 0.236 e. The average Bonchev–Trinajstić information content (AvgIpc) is 2.53. The van der Waals surface area contributed by atoms with Gasteiger partial charge in [0.25, 0.3) is 0 Å². The van der Waals surface area contributed by atoms with Crippen molar-refractivity contribution in [3.05, 3.63) is 24.8 Å². The van der Waals surface area contributed by atoms with E-state index in [-0.39, 0.29) is 23.8 Å². The van der Waals surface area contributed by atoms with Gasteiger partial charge in [0.15, 0.2) is 0 Å². The van der Waals surface area contributed by atoms with Gasteiger partial charge in [0.05, 0.1) is 12.0 Å². The first kappa shape index (κ1) is 14.9. The summed E-state index contributed by atoms with van der Waals surface area (Å²) in [5.41, 5.74) is 0. The first-order valence-electron chi connectivity index (χ1n) is 6.39. The van der Waals surface area contributed by atoms with Crippen molar-refractivity contribution in [2.75, 3.05) is 0 Å². The SMILES string of the molecule is C=C[C@@H]1C[C@H](/C=C/C[Si](C)(C)C)N(C(C)=O)C1=O. The zero-order valence-electron chi connectivity index (χ0n) is 11.8. The third kappa shape index (κ3) is 3.67. The van der Waals surface area contributed by atoms with Gasteiger partial charge in [-0.25, -0.2) is 0 Å². The van der Waals surface area contributed by atoms with Gasteiger partial charge in [0, 0.05) is 15.0 Å². The van der Waals surface area contributed by atoms with E-state index in [4.69, 9.17) is 0 Å². The molecule has 2 atom stereocenters. The standard InChI is InChI=1S/C14H23NO2Si/c1-6-12-10-13(8-7-9-18(3,4)5)15(11(2)16)14(12)17/h6-8,12-13H,1,9-10H2,2-5H3/b8-7+/t12-,13+/m1/s1. The largest absolute Gasteiger partial charge is 0.275 e. The number of nitrogens with zero attached hydrogens (tertiary/aromatic N) is 1. The van der Waals surface area contributed by atoms with Crippen LogP contribution in [0.15, 0.2) is 24.8 Å². The zero-order chi connectivity index (χ0) is 13.9. The van der Waals surface area contributed by atoms with E-state index in [1.165, 1.54) is 11.8 Å². The molecule has 0 saturated carbocycles. The molecule has 0 spiro atoms. The highest BCUT2D eigenvalue weighted by molar-refractivity contribution is 6.76. The van der Waals surface area contributed by atoms with Crippen molar-refractivity contribution in [1.29, 1.82) is 0 Å². The average molecular weight is 265 g/mol. The van der Waals surface area contributed by atoms with Crippen LogP contribution in [0.25, 0.3) is 0 Å². The zero-order valence-corrected chi connectivity index (χ0v) is 12.8. The first-order chi connectivity index (χ1) is 8.26. The fourth-order valence-corrected chi connectivity index (χ4v) is 2.98. The Labute approximate surface area is 111 Å². The Balaban J connectivity index is 2.78. The number of allylic oxidation sites excluding steroid dienone is 1. The van der Waals surface area contributed by atoms with E-state index in [0.29, 0.717) is 6.42 Å². The van der Waals surface area contributed by atoms with Crippen LogP contribution in [0.4, 0.5) is 0 Å². The number of carbonyl (C=O) groups excluding carboxylic acids is 2. The van der Waals surface area contributed by atoms with E-state index in [1.807, 2.05) is 6.08 Å². The summed E-state index contributed by atoms with van der Waals surface area (Å²) in [6.45, 7) is 12.0. The Morgan fingerprint density at radius 1 is 1.50 bits per heavy atom. The molecule has 0 aromatic heterocycles. The highest BCUT2D eigenvalue weighted by Gasteiger charge is 2.38. The van der Waals surface area contributed by atoms with Gasteiger partial charge < -0.3 is 0 Å². The molecule has 0 aromatic carbocycles. The second kappa shape index (κ2) is 5.65. The molecule has 1 rings (SSSR count). The van der Waals surface area contributed by atoms with Gasteiger partial charge in [-0.3, -0.25) is 14.5 Å². The highest BCUT2D eigenvalue weighted by Crippen LogP contribution is 2.27. The van der Waals surface area contributed by atoms with Gasteiger partial charge in [-0.05, 0) is 12.5 Å². The molecule has 0 bridgehead atoms. The van der Waals surface area contributed by atoms with Crippen molar-refractivity contribution in [3.8, 4) is 0 Å². The van der Waals surface area contributed by atoms with Crippen LogP contribution in [0.2, 0.25) is 25.7 Å². The van der Waals surface area contributed by atoms with E-state index in [1.54, 1.807) is 6.08 Å². The van der Waals surface area contributed by atoms with E-state index < -0.39 is 8.07 Å². The molecule has 0 unspecified atom stereocenters. The van der Waals surface area contributed by atoms with Crippen LogP contribution in [0.3, 0.4) is 0 Å². The van der Waals surface area contributed by atoms with Gasteiger partial charge in [0.1, 0.15) is 0 Å². The van der Waals surface area contributed by atoms with Crippen LogP contribution in [-0.4, -0.2) is 30.8 Å². The van der Waals surface area contributed by atoms with Crippen LogP contribution in [0.1, 0.15) is 13.3 Å². The Bertz CT molecular complexity index is 382. The van der Waals surface area contributed by atoms with Gasteiger partial charge in [-0.1, -0.05) is 37.9 Å². The molecule has 1 fully saturated rings. The third-order valence-electron chi connectivity index (χ3n) is 3.09. The van der Waals surface area contributed by atoms with Crippen molar-refractivity contribution < 1.29 is 9.59 Å². The molecule has 0 radical (unpaired) electrons. The summed E-state index contributed by atoms with van der Waals surface area (Å²) in [6.07, 6.45) is 6.46. The number of amides is 2. The van der Waals surface area contributed by atoms with Gasteiger partial charge >= 0.3 is 0 Å². The van der Waals surface area contributed by atoms with Crippen molar-refractivity contribution in [2.24, 2.45) is 5.92 Å². The van der Waals surface area contributed by atoms with Crippen molar-refractivity contribution in [1.82, 2.24) is 4.90 Å². The summed E-state index contributed by atoms with van der Waals surface area (Å²) in [5.74, 6) is -0.498. The van der Waals surface area contributed by atoms with Crippen LogP contribution in [0.5, 0.6) is 0 Å². The molecule has 0 aliphatic carbocycles. The minimum atomic E-state index is -1.12. The maximum absolute atomic E-state index is 12.0. The van der Waals surface area contributed by atoms with E-state index >= 15 is 0 Å². The van der Waals surface area contributed by atoms with Crippen LogP contribution >= 0.6 is 0 Å². The van der Waals surface area contributed by atoms with Gasteiger partial charge in [-0.2, -0.15) is 0 Å². The fraction of sp³-hybridized carbons (Fsp3) is 0.571. The molecule has 1 aliphatic rings. The predicted molar refractivity (Wildman–Crippen MR) is 76.9 cm³/mol. The topological polar surface area (TPSA) is 37.4 Å². The Morgan fingerprint density at radius 2 is 2.11 bits per heavy atom. The molecule has 1 saturated heterocycles. The summed E-state index contributed by atoms with van der Waals surface area (Å²) >= 11 is 0. The van der Waals surface area contributed by atoms with Crippen LogP contribution in [-0.2, 0) is 9.59 Å². The van der Waals surface area contributed by atoms with Crippen LogP contribution < -0.4 is 0 Å². The quantitative estimate of drug-likeness (QED) is 0.579. The molecule has 2 amide bonds. The number of rotatable bonds is 4. The lowest BCUT2D eigenvalue weighted by molar-refractivity contribution is -0.142.